The van der Waals surface area contributed by atoms with Gasteiger partial charge in [-0.15, -0.1) is 10.2 Å². The molecule has 0 amide bonds. The highest BCUT2D eigenvalue weighted by atomic mass is 32.2. The molecule has 136 valence electrons. The normalized spacial score (nSPS) is 16.0. The van der Waals surface area contributed by atoms with Crippen molar-refractivity contribution in [1.29, 1.82) is 0 Å². The third-order valence-electron chi connectivity index (χ3n) is 4.43. The summed E-state index contributed by atoms with van der Waals surface area (Å²) >= 11 is 3.46. The SMILES string of the molecule is COc1ccc2nc(SCC3CSc4nnc(-c5cccnc5)n43)[nH]c2c1. The van der Waals surface area contributed by atoms with Crippen LogP contribution in [0.15, 0.2) is 53.0 Å². The van der Waals surface area contributed by atoms with E-state index in [2.05, 4.69) is 29.7 Å². The van der Waals surface area contributed by atoms with E-state index in [0.29, 0.717) is 6.04 Å². The molecule has 0 bridgehead atoms. The Labute approximate surface area is 164 Å². The first-order valence-corrected chi connectivity index (χ1v) is 10.4. The topological polar surface area (TPSA) is 81.5 Å². The number of H-pyrrole nitrogens is 1. The average Bonchev–Trinajstić information content (AvgIpc) is 3.41. The third-order valence-corrected chi connectivity index (χ3v) is 6.54. The van der Waals surface area contributed by atoms with Crippen molar-refractivity contribution in [2.45, 2.75) is 16.4 Å². The van der Waals surface area contributed by atoms with Crippen LogP contribution >= 0.6 is 23.5 Å². The lowest BCUT2D eigenvalue weighted by Crippen LogP contribution is -2.11. The lowest BCUT2D eigenvalue weighted by molar-refractivity contribution is 0.415. The highest BCUT2D eigenvalue weighted by Crippen LogP contribution is 2.38. The van der Waals surface area contributed by atoms with Gasteiger partial charge in [-0.1, -0.05) is 23.5 Å². The molecule has 0 saturated heterocycles. The predicted molar refractivity (Wildman–Crippen MR) is 106 cm³/mol. The lowest BCUT2D eigenvalue weighted by atomic mass is 10.2. The number of fused-ring (bicyclic) bond motifs is 2. The van der Waals surface area contributed by atoms with Crippen molar-refractivity contribution < 1.29 is 4.74 Å². The summed E-state index contributed by atoms with van der Waals surface area (Å²) in [5.74, 6) is 3.58. The second-order valence-electron chi connectivity index (χ2n) is 6.12. The molecule has 3 aromatic heterocycles. The number of ether oxygens (including phenoxy) is 1. The molecule has 0 spiro atoms. The van der Waals surface area contributed by atoms with E-state index in [1.165, 1.54) is 0 Å². The van der Waals surface area contributed by atoms with Gasteiger partial charge in [0.25, 0.3) is 0 Å². The van der Waals surface area contributed by atoms with Gasteiger partial charge in [-0.3, -0.25) is 9.55 Å². The van der Waals surface area contributed by atoms with Crippen LogP contribution in [0.2, 0.25) is 0 Å². The zero-order valence-corrected chi connectivity index (χ0v) is 16.1. The first-order valence-electron chi connectivity index (χ1n) is 8.46. The van der Waals surface area contributed by atoms with E-state index in [4.69, 9.17) is 4.74 Å². The monoisotopic (exact) mass is 396 g/mol. The Morgan fingerprint density at radius 1 is 1.33 bits per heavy atom. The Morgan fingerprint density at radius 3 is 3.15 bits per heavy atom. The van der Waals surface area contributed by atoms with E-state index in [1.807, 2.05) is 36.5 Å². The molecule has 1 aromatic carbocycles. The minimum Gasteiger partial charge on any atom is -0.497 e. The van der Waals surface area contributed by atoms with Gasteiger partial charge in [0.2, 0.25) is 0 Å². The molecule has 7 nitrogen and oxygen atoms in total. The maximum absolute atomic E-state index is 5.28. The second-order valence-corrected chi connectivity index (χ2v) is 8.11. The van der Waals surface area contributed by atoms with Crippen molar-refractivity contribution in [2.24, 2.45) is 0 Å². The third kappa shape index (κ3) is 3.06. The Balaban J connectivity index is 1.37. The maximum atomic E-state index is 5.28. The Bertz CT molecular complexity index is 1090. The maximum Gasteiger partial charge on any atom is 0.191 e. The van der Waals surface area contributed by atoms with Crippen LogP contribution in [0.3, 0.4) is 0 Å². The van der Waals surface area contributed by atoms with Crippen LogP contribution in [0.5, 0.6) is 5.75 Å². The van der Waals surface area contributed by atoms with Crippen molar-refractivity contribution in [2.75, 3.05) is 18.6 Å². The van der Waals surface area contributed by atoms with E-state index in [1.54, 1.807) is 36.8 Å². The summed E-state index contributed by atoms with van der Waals surface area (Å²) in [5.41, 5.74) is 2.92. The van der Waals surface area contributed by atoms with Crippen molar-refractivity contribution >= 4 is 34.6 Å². The van der Waals surface area contributed by atoms with Gasteiger partial charge in [-0.25, -0.2) is 4.98 Å². The van der Waals surface area contributed by atoms with Crippen LogP contribution in [0.1, 0.15) is 6.04 Å². The number of hydrogen-bond donors (Lipinski definition) is 1. The number of nitrogens with one attached hydrogen (secondary N) is 1. The summed E-state index contributed by atoms with van der Waals surface area (Å²) in [6, 6.07) is 10.1. The zero-order chi connectivity index (χ0) is 18.2. The fourth-order valence-corrected chi connectivity index (χ4v) is 5.29. The summed E-state index contributed by atoms with van der Waals surface area (Å²) < 4.78 is 7.50. The second kappa shape index (κ2) is 6.90. The number of nitrogens with zero attached hydrogens (tertiary/aromatic N) is 5. The molecule has 1 aliphatic heterocycles. The minimum absolute atomic E-state index is 0.308. The summed E-state index contributed by atoms with van der Waals surface area (Å²) in [6.45, 7) is 0. The van der Waals surface area contributed by atoms with E-state index in [0.717, 1.165) is 50.0 Å². The molecule has 1 N–H and O–H groups in total. The van der Waals surface area contributed by atoms with Crippen LogP contribution in [0, 0.1) is 0 Å². The molecule has 1 atom stereocenters. The molecule has 0 aliphatic carbocycles. The highest BCUT2D eigenvalue weighted by molar-refractivity contribution is 8.00. The Kier molecular flexibility index (Phi) is 4.25. The molecule has 27 heavy (non-hydrogen) atoms. The van der Waals surface area contributed by atoms with E-state index >= 15 is 0 Å². The molecule has 1 aliphatic rings. The van der Waals surface area contributed by atoms with Crippen molar-refractivity contribution in [3.05, 3.63) is 42.7 Å². The smallest absolute Gasteiger partial charge is 0.191 e. The van der Waals surface area contributed by atoms with Crippen LogP contribution in [-0.4, -0.2) is 48.3 Å². The van der Waals surface area contributed by atoms with Crippen molar-refractivity contribution in [3.63, 3.8) is 0 Å². The standard InChI is InChI=1S/C18H16N6OS2/c1-25-13-4-5-14-15(7-13)21-17(20-14)26-9-12-10-27-18-23-22-16(24(12)18)11-3-2-6-19-8-11/h2-8,12H,9-10H2,1H3,(H,20,21). The molecule has 0 radical (unpaired) electrons. The van der Waals surface area contributed by atoms with Crippen LogP contribution in [0.25, 0.3) is 22.4 Å². The Morgan fingerprint density at radius 2 is 2.30 bits per heavy atom. The number of rotatable bonds is 5. The Hall–Kier alpha value is -2.52. The van der Waals surface area contributed by atoms with Crippen molar-refractivity contribution in [3.8, 4) is 17.1 Å². The molecular weight excluding hydrogens is 380 g/mol. The molecule has 0 fully saturated rings. The molecule has 1 unspecified atom stereocenters. The summed E-state index contributed by atoms with van der Waals surface area (Å²) in [6.07, 6.45) is 3.60. The van der Waals surface area contributed by atoms with Crippen molar-refractivity contribution in [1.82, 2.24) is 29.7 Å². The number of aromatic amines is 1. The fourth-order valence-electron chi connectivity index (χ4n) is 3.10. The molecule has 4 heterocycles. The number of hydrogen-bond acceptors (Lipinski definition) is 7. The van der Waals surface area contributed by atoms with E-state index < -0.39 is 0 Å². The summed E-state index contributed by atoms with van der Waals surface area (Å²) in [4.78, 5) is 12.2. The van der Waals surface area contributed by atoms with E-state index in [-0.39, 0.29) is 0 Å². The van der Waals surface area contributed by atoms with Gasteiger partial charge in [0.1, 0.15) is 5.75 Å². The molecule has 0 saturated carbocycles. The first kappa shape index (κ1) is 16.6. The molecule has 9 heteroatoms. The van der Waals surface area contributed by atoms with Crippen LogP contribution in [0.4, 0.5) is 0 Å². The van der Waals surface area contributed by atoms with Gasteiger partial charge in [-0.2, -0.15) is 0 Å². The number of pyridine rings is 1. The van der Waals surface area contributed by atoms with Gasteiger partial charge < -0.3 is 9.72 Å². The van der Waals surface area contributed by atoms with E-state index in [9.17, 15) is 0 Å². The van der Waals surface area contributed by atoms with Gasteiger partial charge in [-0.05, 0) is 24.3 Å². The van der Waals surface area contributed by atoms with Gasteiger partial charge >= 0.3 is 0 Å². The predicted octanol–water partition coefficient (Wildman–Crippen LogP) is 3.66. The van der Waals surface area contributed by atoms with Gasteiger partial charge in [0.05, 0.1) is 24.2 Å². The zero-order valence-electron chi connectivity index (χ0n) is 14.5. The number of methoxy groups -OCH3 is 1. The highest BCUT2D eigenvalue weighted by Gasteiger charge is 2.28. The fraction of sp³-hybridized carbons (Fsp3) is 0.222. The van der Waals surface area contributed by atoms with Gasteiger partial charge in [0.15, 0.2) is 16.1 Å². The quantitative estimate of drug-likeness (QED) is 0.516. The number of thioether (sulfide) groups is 2. The van der Waals surface area contributed by atoms with Gasteiger partial charge in [0, 0.05) is 35.5 Å². The largest absolute Gasteiger partial charge is 0.497 e. The first-order chi connectivity index (χ1) is 13.3. The number of aromatic nitrogens is 6. The average molecular weight is 397 g/mol. The number of imidazole rings is 1. The molecular formula is C18H16N6OS2. The van der Waals surface area contributed by atoms with Crippen LogP contribution in [-0.2, 0) is 0 Å². The molecule has 5 rings (SSSR count). The molecule has 4 aromatic rings. The minimum atomic E-state index is 0.308. The lowest BCUT2D eigenvalue weighted by Gasteiger charge is -2.13. The number of benzene rings is 1. The van der Waals surface area contributed by atoms with Crippen LogP contribution < -0.4 is 4.74 Å². The summed E-state index contributed by atoms with van der Waals surface area (Å²) in [5, 5.41) is 10.6. The summed E-state index contributed by atoms with van der Waals surface area (Å²) in [7, 11) is 1.67.